The van der Waals surface area contributed by atoms with Gasteiger partial charge in [0.15, 0.2) is 0 Å². The Morgan fingerprint density at radius 2 is 0.696 bits per heavy atom. The Hall–Kier alpha value is -5.88. The molecule has 0 aromatic heterocycles. The van der Waals surface area contributed by atoms with Gasteiger partial charge in [-0.2, -0.15) is 0 Å². The van der Waals surface area contributed by atoms with Crippen molar-refractivity contribution in [3.05, 3.63) is 179 Å². The fourth-order valence-corrected chi connectivity index (χ4v) is 7.56. The first kappa shape index (κ1) is 41.3. The summed E-state index contributed by atoms with van der Waals surface area (Å²) in [5.41, 5.74) is 7.17. The first-order chi connectivity index (χ1) is 26.7. The summed E-state index contributed by atoms with van der Waals surface area (Å²) >= 11 is 0. The average molecular weight is 753 g/mol. The highest BCUT2D eigenvalue weighted by Crippen LogP contribution is 2.45. The second-order valence-corrected chi connectivity index (χ2v) is 16.1. The van der Waals surface area contributed by atoms with Crippen molar-refractivity contribution in [1.29, 1.82) is 0 Å². The molecule has 0 saturated heterocycles. The molecule has 0 unspecified atom stereocenters. The van der Waals surface area contributed by atoms with Crippen LogP contribution in [0.5, 0.6) is 34.5 Å². The third kappa shape index (κ3) is 10.7. The van der Waals surface area contributed by atoms with E-state index in [2.05, 4.69) is 27.7 Å². The Morgan fingerprint density at radius 3 is 1.05 bits per heavy atom. The maximum atomic E-state index is 9.51. The van der Waals surface area contributed by atoms with Gasteiger partial charge in [-0.15, -0.1) is 0 Å². The number of aromatic hydroxyl groups is 6. The molecule has 1 fully saturated rings. The molecule has 0 spiro atoms. The van der Waals surface area contributed by atoms with Gasteiger partial charge in [-0.05, 0) is 137 Å². The van der Waals surface area contributed by atoms with Gasteiger partial charge in [0.05, 0.1) is 0 Å². The summed E-state index contributed by atoms with van der Waals surface area (Å²) in [6.07, 6.45) is 7.98. The quantitative estimate of drug-likeness (QED) is 0.0920. The fraction of sp³-hybridized carbons (Fsp3) is 0.280. The van der Waals surface area contributed by atoms with Gasteiger partial charge in [-0.1, -0.05) is 120 Å². The van der Waals surface area contributed by atoms with Crippen LogP contribution in [0.15, 0.2) is 146 Å². The topological polar surface area (TPSA) is 121 Å². The summed E-state index contributed by atoms with van der Waals surface area (Å²) in [5, 5.41) is 56.2. The minimum absolute atomic E-state index is 0.0274. The van der Waals surface area contributed by atoms with Crippen molar-refractivity contribution in [3.63, 3.8) is 0 Å². The zero-order valence-corrected chi connectivity index (χ0v) is 33.0. The zero-order chi connectivity index (χ0) is 40.3. The van der Waals surface area contributed by atoms with Crippen LogP contribution >= 0.6 is 0 Å². The van der Waals surface area contributed by atoms with Crippen LogP contribution in [0, 0.1) is 0 Å². The minimum atomic E-state index is -0.151. The number of hydrogen-bond acceptors (Lipinski definition) is 6. The Balaban J connectivity index is 0.000000161. The van der Waals surface area contributed by atoms with Gasteiger partial charge in [-0.25, -0.2) is 0 Å². The normalized spacial score (nSPS) is 13.7. The summed E-state index contributed by atoms with van der Waals surface area (Å²) in [6.45, 7) is 8.65. The molecule has 0 atom stereocenters. The predicted molar refractivity (Wildman–Crippen MR) is 226 cm³/mol. The lowest BCUT2D eigenvalue weighted by molar-refractivity contribution is 0.345. The fourth-order valence-electron chi connectivity index (χ4n) is 7.56. The van der Waals surface area contributed by atoms with Gasteiger partial charge in [0.1, 0.15) is 34.5 Å². The van der Waals surface area contributed by atoms with Crippen molar-refractivity contribution in [2.45, 2.75) is 88.9 Å². The van der Waals surface area contributed by atoms with E-state index in [-0.39, 0.29) is 27.7 Å². The number of benzene rings is 6. The molecular weight excluding hydrogens is 697 g/mol. The van der Waals surface area contributed by atoms with Crippen LogP contribution in [0.1, 0.15) is 99.6 Å². The molecule has 1 aliphatic carbocycles. The van der Waals surface area contributed by atoms with Crippen molar-refractivity contribution in [3.8, 4) is 34.5 Å². The van der Waals surface area contributed by atoms with Crippen LogP contribution in [-0.4, -0.2) is 30.6 Å². The molecule has 6 heteroatoms. The van der Waals surface area contributed by atoms with Gasteiger partial charge in [0, 0.05) is 10.8 Å². The molecule has 6 N–H and O–H groups in total. The van der Waals surface area contributed by atoms with E-state index in [1.165, 1.54) is 41.5 Å². The average Bonchev–Trinajstić information content (AvgIpc) is 3.19. The van der Waals surface area contributed by atoms with Crippen LogP contribution < -0.4 is 0 Å². The van der Waals surface area contributed by atoms with E-state index in [0.29, 0.717) is 23.0 Å². The molecule has 1 saturated carbocycles. The lowest BCUT2D eigenvalue weighted by Crippen LogP contribution is -2.30. The van der Waals surface area contributed by atoms with E-state index in [4.69, 9.17) is 0 Å². The van der Waals surface area contributed by atoms with Gasteiger partial charge in [0.25, 0.3) is 0 Å². The number of phenols is 6. The molecule has 0 bridgehead atoms. The van der Waals surface area contributed by atoms with Crippen molar-refractivity contribution in [2.24, 2.45) is 0 Å². The van der Waals surface area contributed by atoms with Gasteiger partial charge in [0.2, 0.25) is 0 Å². The van der Waals surface area contributed by atoms with Gasteiger partial charge < -0.3 is 30.6 Å². The highest BCUT2D eigenvalue weighted by molar-refractivity contribution is 5.44. The SMILES string of the molecule is CC(C)(CCc1ccc(O)cc1)c1ccc(O)cc1.CC(C)(c1ccc(O)cc1)c1ccc(O)cc1.Oc1ccc(C2(c3ccc(O)cc3)CCCCC2)cc1. The molecule has 7 rings (SSSR count). The van der Waals surface area contributed by atoms with E-state index in [1.54, 1.807) is 72.8 Å². The summed E-state index contributed by atoms with van der Waals surface area (Å²) in [7, 11) is 0. The summed E-state index contributed by atoms with van der Waals surface area (Å²) in [4.78, 5) is 0. The molecule has 6 aromatic carbocycles. The Kier molecular flexibility index (Phi) is 13.4. The number of aryl methyl sites for hydroxylation is 1. The summed E-state index contributed by atoms with van der Waals surface area (Å²) in [5.74, 6) is 1.78. The number of rotatable bonds is 8. The van der Waals surface area contributed by atoms with Crippen molar-refractivity contribution >= 4 is 0 Å². The lowest BCUT2D eigenvalue weighted by Gasteiger charge is -2.38. The Morgan fingerprint density at radius 1 is 0.393 bits per heavy atom. The zero-order valence-electron chi connectivity index (χ0n) is 33.0. The van der Waals surface area contributed by atoms with Gasteiger partial charge in [-0.3, -0.25) is 0 Å². The molecule has 6 aromatic rings. The molecule has 6 nitrogen and oxygen atoms in total. The molecule has 56 heavy (non-hydrogen) atoms. The van der Waals surface area contributed by atoms with Crippen LogP contribution in [0.2, 0.25) is 0 Å². The molecule has 0 radical (unpaired) electrons. The van der Waals surface area contributed by atoms with Crippen molar-refractivity contribution in [2.75, 3.05) is 0 Å². The Labute approximate surface area is 332 Å². The van der Waals surface area contributed by atoms with Crippen LogP contribution in [0.3, 0.4) is 0 Å². The van der Waals surface area contributed by atoms with E-state index < -0.39 is 0 Å². The first-order valence-corrected chi connectivity index (χ1v) is 19.4. The van der Waals surface area contributed by atoms with Crippen molar-refractivity contribution in [1.82, 2.24) is 0 Å². The van der Waals surface area contributed by atoms with E-state index in [0.717, 1.165) is 36.8 Å². The number of hydrogen-bond donors (Lipinski definition) is 6. The van der Waals surface area contributed by atoms with Crippen LogP contribution in [-0.2, 0) is 22.7 Å². The highest BCUT2D eigenvalue weighted by Gasteiger charge is 2.35. The van der Waals surface area contributed by atoms with E-state index in [9.17, 15) is 30.6 Å². The third-order valence-electron chi connectivity index (χ3n) is 11.3. The maximum absolute atomic E-state index is 9.51. The third-order valence-corrected chi connectivity index (χ3v) is 11.3. The van der Waals surface area contributed by atoms with Crippen LogP contribution in [0.25, 0.3) is 0 Å². The standard InChI is InChI=1S/C18H20O2.C17H20O2.C15H16O2/c19-16-8-4-14(5-9-16)18(12-2-1-3-13-18)15-6-10-17(20)11-7-15;1-17(2,14-5-9-16(19)10-6-14)12-11-13-3-7-15(18)8-4-13;1-15(2,11-3-7-13(16)8-4-11)12-5-9-14(17)10-6-12/h4-11,19-20H,1-3,12-13H2;3-10,18-19H,11-12H2,1-2H3;3-10,16-17H,1-2H3. The van der Waals surface area contributed by atoms with Gasteiger partial charge >= 0.3 is 0 Å². The van der Waals surface area contributed by atoms with Crippen molar-refractivity contribution < 1.29 is 30.6 Å². The molecule has 0 heterocycles. The first-order valence-electron chi connectivity index (χ1n) is 19.4. The smallest absolute Gasteiger partial charge is 0.115 e. The van der Waals surface area contributed by atoms with E-state index >= 15 is 0 Å². The highest BCUT2D eigenvalue weighted by atomic mass is 16.3. The molecular formula is C50H56O6. The monoisotopic (exact) mass is 752 g/mol. The Bertz CT molecular complexity index is 1980. The maximum Gasteiger partial charge on any atom is 0.115 e. The lowest BCUT2D eigenvalue weighted by atomic mass is 9.65. The second-order valence-electron chi connectivity index (χ2n) is 16.1. The molecule has 0 amide bonds. The number of phenolic OH excluding ortho intramolecular Hbond substituents is 6. The van der Waals surface area contributed by atoms with E-state index in [1.807, 2.05) is 72.8 Å². The molecule has 292 valence electrons. The summed E-state index contributed by atoms with van der Waals surface area (Å²) < 4.78 is 0. The second kappa shape index (κ2) is 18.2. The predicted octanol–water partition coefficient (Wildman–Crippen LogP) is 11.8. The molecule has 1 aliphatic rings. The summed E-state index contributed by atoms with van der Waals surface area (Å²) in [6, 6.07) is 44.5. The van der Waals surface area contributed by atoms with Crippen LogP contribution in [0.4, 0.5) is 0 Å². The largest absolute Gasteiger partial charge is 0.508 e. The molecule has 0 aliphatic heterocycles. The minimum Gasteiger partial charge on any atom is -0.508 e.